The van der Waals surface area contributed by atoms with Crippen LogP contribution >= 0.6 is 11.6 Å². The van der Waals surface area contributed by atoms with Crippen molar-refractivity contribution >= 4 is 34.7 Å². The molecular weight excluding hydrogens is 450 g/mol. The molecule has 34 heavy (non-hydrogen) atoms. The molecular formula is C26H30ClN5O2. The van der Waals surface area contributed by atoms with Crippen LogP contribution < -0.4 is 22.1 Å². The minimum atomic E-state index is -0.266. The van der Waals surface area contributed by atoms with Crippen molar-refractivity contribution in [2.45, 2.75) is 32.7 Å². The lowest BCUT2D eigenvalue weighted by Gasteiger charge is -2.18. The van der Waals surface area contributed by atoms with Crippen LogP contribution in [0.1, 0.15) is 36.5 Å². The fourth-order valence-corrected chi connectivity index (χ4v) is 3.96. The van der Waals surface area contributed by atoms with Crippen molar-refractivity contribution in [3.63, 3.8) is 0 Å². The quantitative estimate of drug-likeness (QED) is 0.0826. The fraction of sp³-hybridized carbons (Fsp3) is 0.231. The second-order valence-electron chi connectivity index (χ2n) is 8.08. The summed E-state index contributed by atoms with van der Waals surface area (Å²) in [6, 6.07) is 16.0. The molecule has 0 bridgehead atoms. The average molecular weight is 480 g/mol. The number of nitrogens with one attached hydrogen (secondary N) is 3. The van der Waals surface area contributed by atoms with Gasteiger partial charge in [-0.1, -0.05) is 61.3 Å². The van der Waals surface area contributed by atoms with Crippen LogP contribution in [0.15, 0.2) is 54.6 Å². The molecule has 0 aliphatic heterocycles. The van der Waals surface area contributed by atoms with Crippen molar-refractivity contribution in [2.24, 2.45) is 5.73 Å². The van der Waals surface area contributed by atoms with E-state index in [4.69, 9.17) is 28.5 Å². The summed E-state index contributed by atoms with van der Waals surface area (Å²) in [4.78, 5) is 12.9. The molecule has 7 nitrogen and oxygen atoms in total. The van der Waals surface area contributed by atoms with E-state index in [1.807, 2.05) is 18.2 Å². The molecule has 0 fully saturated rings. The summed E-state index contributed by atoms with van der Waals surface area (Å²) in [5.41, 5.74) is 15.7. The molecule has 0 aliphatic carbocycles. The van der Waals surface area contributed by atoms with Gasteiger partial charge < -0.3 is 27.2 Å². The Hall–Kier alpha value is -3.71. The molecule has 8 heteroatoms. The highest BCUT2D eigenvalue weighted by Crippen LogP contribution is 2.42. The lowest BCUT2D eigenvalue weighted by Crippen LogP contribution is -2.25. The van der Waals surface area contributed by atoms with Gasteiger partial charge in [-0.2, -0.15) is 0 Å². The molecule has 0 heterocycles. The number of unbranched alkanes of at least 4 members (excludes halogenated alkanes) is 1. The van der Waals surface area contributed by atoms with E-state index in [1.54, 1.807) is 36.4 Å². The van der Waals surface area contributed by atoms with Crippen molar-refractivity contribution in [3.05, 3.63) is 76.3 Å². The van der Waals surface area contributed by atoms with Gasteiger partial charge in [0, 0.05) is 35.5 Å². The predicted molar refractivity (Wildman–Crippen MR) is 139 cm³/mol. The van der Waals surface area contributed by atoms with Gasteiger partial charge in [-0.15, -0.1) is 0 Å². The number of nitrogen functional groups attached to an aromatic ring is 2. The van der Waals surface area contributed by atoms with E-state index in [0.717, 1.165) is 24.0 Å². The molecule has 0 radical (unpaired) electrons. The Labute approximate surface area is 204 Å². The van der Waals surface area contributed by atoms with E-state index in [2.05, 4.69) is 17.6 Å². The molecule has 0 aliphatic rings. The van der Waals surface area contributed by atoms with Gasteiger partial charge in [-0.3, -0.25) is 10.2 Å². The molecule has 3 aromatic carbocycles. The van der Waals surface area contributed by atoms with E-state index >= 15 is 0 Å². The molecule has 0 aromatic heterocycles. The van der Waals surface area contributed by atoms with Crippen molar-refractivity contribution in [2.75, 3.05) is 17.6 Å². The van der Waals surface area contributed by atoms with Gasteiger partial charge in [0.1, 0.15) is 11.6 Å². The molecule has 0 atom stereocenters. The molecule has 178 valence electrons. The van der Waals surface area contributed by atoms with Crippen LogP contribution in [0.4, 0.5) is 11.4 Å². The number of amides is 1. The van der Waals surface area contributed by atoms with Crippen LogP contribution in [0, 0.1) is 5.41 Å². The second-order valence-corrected chi connectivity index (χ2v) is 8.49. The maximum Gasteiger partial charge on any atom is 0.224 e. The molecule has 1 amide bonds. The molecule has 0 saturated carbocycles. The first kappa shape index (κ1) is 24.9. The van der Waals surface area contributed by atoms with E-state index in [1.165, 1.54) is 0 Å². The Bertz CT molecular complexity index is 1180. The van der Waals surface area contributed by atoms with Crippen LogP contribution in [-0.2, 0) is 17.8 Å². The Kier molecular flexibility index (Phi) is 8.38. The molecule has 0 unspecified atom stereocenters. The predicted octanol–water partition coefficient (Wildman–Crippen LogP) is 4.65. The Morgan fingerprint density at radius 2 is 1.88 bits per heavy atom. The standard InChI is InChI=1S/C26H30ClN5O2/c1-2-3-11-31-22-14-21(27)24(18-5-4-6-19(28)12-18)20(25(22)34)13-23(33)32-15-16-7-9-17(10-8-16)26(29)30/h4-10,12,14,31,34H,2-3,11,13,15,28H2,1H3,(H3,29,30)(H,32,33). The van der Waals surface area contributed by atoms with Crippen LogP contribution in [0.2, 0.25) is 5.02 Å². The maximum absolute atomic E-state index is 12.9. The van der Waals surface area contributed by atoms with Crippen molar-refractivity contribution in [3.8, 4) is 16.9 Å². The number of rotatable bonds is 10. The van der Waals surface area contributed by atoms with Gasteiger partial charge in [0.15, 0.2) is 0 Å². The lowest BCUT2D eigenvalue weighted by molar-refractivity contribution is -0.120. The monoisotopic (exact) mass is 479 g/mol. The number of halogens is 1. The smallest absolute Gasteiger partial charge is 0.224 e. The highest BCUT2D eigenvalue weighted by atomic mass is 35.5. The number of carbonyl (C=O) groups excluding carboxylic acids is 1. The van der Waals surface area contributed by atoms with Crippen LogP contribution in [0.5, 0.6) is 5.75 Å². The highest BCUT2D eigenvalue weighted by molar-refractivity contribution is 6.34. The second kappa shape index (κ2) is 11.4. The van der Waals surface area contributed by atoms with E-state index in [0.29, 0.717) is 46.2 Å². The zero-order valence-electron chi connectivity index (χ0n) is 19.1. The molecule has 3 rings (SSSR count). The maximum atomic E-state index is 12.9. The number of nitrogens with two attached hydrogens (primary N) is 2. The van der Waals surface area contributed by atoms with Crippen molar-refractivity contribution < 1.29 is 9.90 Å². The first-order valence-corrected chi connectivity index (χ1v) is 11.5. The summed E-state index contributed by atoms with van der Waals surface area (Å²) in [6.07, 6.45) is 1.88. The van der Waals surface area contributed by atoms with Crippen molar-refractivity contribution in [1.29, 1.82) is 5.41 Å². The number of phenols is 1. The molecule has 8 N–H and O–H groups in total. The fourth-order valence-electron chi connectivity index (χ4n) is 3.63. The summed E-state index contributed by atoms with van der Waals surface area (Å²) >= 11 is 6.65. The third kappa shape index (κ3) is 6.20. The molecule has 0 saturated heterocycles. The SMILES string of the molecule is CCCCNc1cc(Cl)c(-c2cccc(N)c2)c(CC(=O)NCc2ccc(C(=N)N)cc2)c1O. The van der Waals surface area contributed by atoms with Gasteiger partial charge in [-0.05, 0) is 35.7 Å². The first-order chi connectivity index (χ1) is 16.3. The number of benzene rings is 3. The van der Waals surface area contributed by atoms with Gasteiger partial charge in [-0.25, -0.2) is 0 Å². The average Bonchev–Trinajstić information content (AvgIpc) is 2.81. The minimum Gasteiger partial charge on any atom is -0.505 e. The number of hydrogen-bond acceptors (Lipinski definition) is 5. The molecule has 3 aromatic rings. The van der Waals surface area contributed by atoms with Crippen molar-refractivity contribution in [1.82, 2.24) is 5.32 Å². The topological polar surface area (TPSA) is 137 Å². The van der Waals surface area contributed by atoms with Crippen LogP contribution in [-0.4, -0.2) is 23.4 Å². The zero-order valence-corrected chi connectivity index (χ0v) is 19.9. The first-order valence-electron chi connectivity index (χ1n) is 11.1. The summed E-state index contributed by atoms with van der Waals surface area (Å²) < 4.78 is 0. The Morgan fingerprint density at radius 1 is 1.15 bits per heavy atom. The van der Waals surface area contributed by atoms with E-state index < -0.39 is 0 Å². The largest absolute Gasteiger partial charge is 0.505 e. The highest BCUT2D eigenvalue weighted by Gasteiger charge is 2.21. The van der Waals surface area contributed by atoms with Gasteiger partial charge >= 0.3 is 0 Å². The third-order valence-corrected chi connectivity index (χ3v) is 5.76. The number of amidine groups is 1. The number of hydrogen-bond donors (Lipinski definition) is 6. The van der Waals surface area contributed by atoms with Gasteiger partial charge in [0.25, 0.3) is 0 Å². The Balaban J connectivity index is 1.87. The summed E-state index contributed by atoms with van der Waals surface area (Å²) in [6.45, 7) is 3.06. The number of carbonyl (C=O) groups is 1. The number of phenolic OH excluding ortho intramolecular Hbond substituents is 1. The van der Waals surface area contributed by atoms with Gasteiger partial charge in [0.2, 0.25) is 5.91 Å². The number of aromatic hydroxyl groups is 1. The zero-order chi connectivity index (χ0) is 24.7. The molecule has 0 spiro atoms. The van der Waals surface area contributed by atoms with Gasteiger partial charge in [0.05, 0.1) is 17.1 Å². The van der Waals surface area contributed by atoms with Crippen LogP contribution in [0.25, 0.3) is 11.1 Å². The van der Waals surface area contributed by atoms with E-state index in [9.17, 15) is 9.90 Å². The minimum absolute atomic E-state index is 0.00103. The normalized spacial score (nSPS) is 10.6. The summed E-state index contributed by atoms with van der Waals surface area (Å²) in [5.74, 6) is -0.277. The lowest BCUT2D eigenvalue weighted by atomic mass is 9.95. The summed E-state index contributed by atoms with van der Waals surface area (Å²) in [7, 11) is 0. The van der Waals surface area contributed by atoms with E-state index in [-0.39, 0.29) is 23.9 Å². The number of anilines is 2. The van der Waals surface area contributed by atoms with Crippen LogP contribution in [0.3, 0.4) is 0 Å². The summed E-state index contributed by atoms with van der Waals surface area (Å²) in [5, 5.41) is 25.1. The third-order valence-electron chi connectivity index (χ3n) is 5.47. The Morgan fingerprint density at radius 3 is 2.53 bits per heavy atom.